The fourth-order valence-electron chi connectivity index (χ4n) is 2.11. The Morgan fingerprint density at radius 3 is 2.62 bits per heavy atom. The lowest BCUT2D eigenvalue weighted by Gasteiger charge is -1.96. The number of ketones is 1. The van der Waals surface area contributed by atoms with Gasteiger partial charge in [-0.2, -0.15) is 5.11 Å². The number of benzene rings is 2. The molecule has 1 heterocycles. The first-order chi connectivity index (χ1) is 11.6. The average molecular weight is 385 g/mol. The van der Waals surface area contributed by atoms with Crippen molar-refractivity contribution in [2.24, 2.45) is 10.2 Å². The summed E-state index contributed by atoms with van der Waals surface area (Å²) >= 11 is 3.37. The highest BCUT2D eigenvalue weighted by Crippen LogP contribution is 2.25. The first kappa shape index (κ1) is 16.1. The Labute approximate surface area is 146 Å². The summed E-state index contributed by atoms with van der Waals surface area (Å²) in [6.07, 6.45) is 0.628. The zero-order chi connectivity index (χ0) is 17.1. The van der Waals surface area contributed by atoms with E-state index in [0.717, 1.165) is 15.4 Å². The van der Waals surface area contributed by atoms with Crippen LogP contribution in [-0.2, 0) is 0 Å². The largest absolute Gasteiger partial charge is 0.513 e. The molecule has 120 valence electrons. The Morgan fingerprint density at radius 2 is 1.92 bits per heavy atom. The van der Waals surface area contributed by atoms with Crippen LogP contribution in [0.3, 0.4) is 0 Å². The molecule has 0 radical (unpaired) electrons. The summed E-state index contributed by atoms with van der Waals surface area (Å²) in [5.74, 6) is -0.452. The Hall–Kier alpha value is -2.73. The van der Waals surface area contributed by atoms with Crippen LogP contribution in [0.5, 0.6) is 0 Å². The lowest BCUT2D eigenvalue weighted by Crippen LogP contribution is -1.99. The second-order valence-corrected chi connectivity index (χ2v) is 6.09. The number of azo groups is 1. The molecule has 0 spiro atoms. The maximum Gasteiger partial charge on any atom is 0.251 e. The van der Waals surface area contributed by atoms with Crippen molar-refractivity contribution in [3.8, 4) is 0 Å². The molecule has 24 heavy (non-hydrogen) atoms. The van der Waals surface area contributed by atoms with E-state index in [1.165, 1.54) is 0 Å². The first-order valence-corrected chi connectivity index (χ1v) is 7.93. The molecule has 0 aliphatic rings. The number of carbonyl (C=O) groups is 1. The van der Waals surface area contributed by atoms with Gasteiger partial charge in [0.1, 0.15) is 11.8 Å². The molecule has 0 amide bonds. The maximum absolute atomic E-state index is 12.4. The topological polar surface area (TPSA) is 75.2 Å². The minimum atomic E-state index is -0.541. The van der Waals surface area contributed by atoms with Crippen LogP contribution in [0.4, 0.5) is 5.69 Å². The summed E-state index contributed by atoms with van der Waals surface area (Å²) in [4.78, 5) is 12.4. The van der Waals surface area contributed by atoms with Crippen LogP contribution in [-0.4, -0.2) is 10.9 Å². The van der Waals surface area contributed by atoms with Crippen LogP contribution in [0.25, 0.3) is 11.0 Å². The smallest absolute Gasteiger partial charge is 0.251 e. The Balaban J connectivity index is 1.86. The molecule has 0 fully saturated rings. The number of furan rings is 1. The number of nitrogens with zero attached hydrogens (tertiary/aromatic N) is 2. The van der Waals surface area contributed by atoms with Crippen LogP contribution < -0.4 is 0 Å². The van der Waals surface area contributed by atoms with Crippen molar-refractivity contribution in [3.63, 3.8) is 0 Å². The number of hydrogen-bond donors (Lipinski definition) is 1. The normalized spacial score (nSPS) is 12.2. The van der Waals surface area contributed by atoms with E-state index in [1.54, 1.807) is 24.3 Å². The molecule has 0 saturated carbocycles. The number of carbonyl (C=O) groups excluding carboxylic acids is 1. The molecule has 1 aromatic heterocycles. The van der Waals surface area contributed by atoms with Crippen LogP contribution in [0.15, 0.2) is 79.6 Å². The third-order valence-corrected chi connectivity index (χ3v) is 3.86. The van der Waals surface area contributed by atoms with Gasteiger partial charge in [-0.05, 0) is 43.3 Å². The molecule has 0 bridgehead atoms. The quantitative estimate of drug-likeness (QED) is 0.264. The number of rotatable bonds is 4. The summed E-state index contributed by atoms with van der Waals surface area (Å²) < 4.78 is 6.39. The molecular weight excluding hydrogens is 372 g/mol. The number of allylic oxidation sites excluding steroid dienone is 1. The highest BCUT2D eigenvalue weighted by Gasteiger charge is 2.17. The second-order valence-electron chi connectivity index (χ2n) is 5.17. The predicted octanol–water partition coefficient (Wildman–Crippen LogP) is 5.87. The third kappa shape index (κ3) is 3.44. The van der Waals surface area contributed by atoms with E-state index in [-0.39, 0.29) is 11.5 Å². The molecule has 3 rings (SSSR count). The number of aliphatic hydroxyl groups is 1. The zero-order valence-corrected chi connectivity index (χ0v) is 14.3. The van der Waals surface area contributed by atoms with Crippen molar-refractivity contribution in [2.75, 3.05) is 0 Å². The summed E-state index contributed by atoms with van der Waals surface area (Å²) in [5, 5.41) is 17.9. The van der Waals surface area contributed by atoms with Crippen molar-refractivity contribution < 1.29 is 14.3 Å². The SMILES string of the molecule is Cc1ccc(N=N/C(=C\O)C(=O)c2cc3cc(Br)ccc3o2)cc1. The minimum Gasteiger partial charge on any atom is -0.513 e. The minimum absolute atomic E-state index is 0.0891. The Morgan fingerprint density at radius 1 is 1.17 bits per heavy atom. The van der Waals surface area contributed by atoms with E-state index in [2.05, 4.69) is 26.2 Å². The molecule has 0 aliphatic carbocycles. The number of Topliss-reactive ketones (excluding diaryl/α,β-unsaturated/α-hetero) is 1. The van der Waals surface area contributed by atoms with Gasteiger partial charge in [0.05, 0.1) is 5.69 Å². The second kappa shape index (κ2) is 6.80. The van der Waals surface area contributed by atoms with Crippen molar-refractivity contribution >= 4 is 38.4 Å². The Kier molecular flexibility index (Phi) is 4.57. The van der Waals surface area contributed by atoms with Gasteiger partial charge < -0.3 is 9.52 Å². The molecule has 0 saturated heterocycles. The highest BCUT2D eigenvalue weighted by atomic mass is 79.9. The van der Waals surface area contributed by atoms with E-state index in [4.69, 9.17) is 4.42 Å². The van der Waals surface area contributed by atoms with Crippen LogP contribution in [0, 0.1) is 6.92 Å². The van der Waals surface area contributed by atoms with E-state index in [0.29, 0.717) is 17.5 Å². The summed E-state index contributed by atoms with van der Waals surface area (Å²) in [6, 6.07) is 14.3. The lowest BCUT2D eigenvalue weighted by atomic mass is 10.2. The van der Waals surface area contributed by atoms with Gasteiger partial charge >= 0.3 is 0 Å². The lowest BCUT2D eigenvalue weighted by molar-refractivity contribution is 0.100. The van der Waals surface area contributed by atoms with Gasteiger partial charge in [0.15, 0.2) is 11.5 Å². The standard InChI is InChI=1S/C18H13BrN2O3/c1-11-2-5-14(6-3-11)20-21-15(10-22)18(23)17-9-12-8-13(19)4-7-16(12)24-17/h2-10,22H,1H3/b15-10-,21-20?. The molecule has 6 heteroatoms. The predicted molar refractivity (Wildman–Crippen MR) is 94.7 cm³/mol. The number of halogens is 1. The van der Waals surface area contributed by atoms with Gasteiger partial charge in [-0.25, -0.2) is 0 Å². The van der Waals surface area contributed by atoms with Crippen LogP contribution in [0.2, 0.25) is 0 Å². The molecule has 0 atom stereocenters. The van der Waals surface area contributed by atoms with E-state index in [9.17, 15) is 9.90 Å². The fourth-order valence-corrected chi connectivity index (χ4v) is 2.48. The van der Waals surface area contributed by atoms with Gasteiger partial charge in [-0.1, -0.05) is 33.6 Å². The van der Waals surface area contributed by atoms with Crippen LogP contribution >= 0.6 is 15.9 Å². The first-order valence-electron chi connectivity index (χ1n) is 7.13. The number of hydrogen-bond acceptors (Lipinski definition) is 5. The average Bonchev–Trinajstić information content (AvgIpc) is 3.00. The van der Waals surface area contributed by atoms with Gasteiger partial charge in [-0.15, -0.1) is 5.11 Å². The zero-order valence-electron chi connectivity index (χ0n) is 12.7. The molecule has 0 unspecified atom stereocenters. The van der Waals surface area contributed by atoms with E-state index >= 15 is 0 Å². The van der Waals surface area contributed by atoms with E-state index < -0.39 is 5.78 Å². The summed E-state index contributed by atoms with van der Waals surface area (Å²) in [5.41, 5.74) is 2.06. The van der Waals surface area contributed by atoms with Gasteiger partial charge in [0.25, 0.3) is 5.78 Å². The fraction of sp³-hybridized carbons (Fsp3) is 0.0556. The van der Waals surface area contributed by atoms with Crippen molar-refractivity contribution in [2.45, 2.75) is 6.92 Å². The molecule has 0 aliphatic heterocycles. The van der Waals surface area contributed by atoms with Crippen molar-refractivity contribution in [3.05, 3.63) is 76.3 Å². The molecule has 3 aromatic rings. The number of aliphatic hydroxyl groups excluding tert-OH is 1. The van der Waals surface area contributed by atoms with Gasteiger partial charge in [0, 0.05) is 9.86 Å². The number of aryl methyl sites for hydroxylation is 1. The van der Waals surface area contributed by atoms with E-state index in [1.807, 2.05) is 31.2 Å². The molecule has 1 N–H and O–H groups in total. The van der Waals surface area contributed by atoms with Crippen LogP contribution in [0.1, 0.15) is 16.1 Å². The van der Waals surface area contributed by atoms with Gasteiger partial charge in [0.2, 0.25) is 0 Å². The van der Waals surface area contributed by atoms with Crippen molar-refractivity contribution in [1.29, 1.82) is 0 Å². The van der Waals surface area contributed by atoms with Gasteiger partial charge in [-0.3, -0.25) is 4.79 Å². The maximum atomic E-state index is 12.4. The number of fused-ring (bicyclic) bond motifs is 1. The van der Waals surface area contributed by atoms with Crippen molar-refractivity contribution in [1.82, 2.24) is 0 Å². The Bertz CT molecular complexity index is 956. The molecule has 2 aromatic carbocycles. The molecule has 5 nitrogen and oxygen atoms in total. The monoisotopic (exact) mass is 384 g/mol. The third-order valence-electron chi connectivity index (χ3n) is 3.36. The highest BCUT2D eigenvalue weighted by molar-refractivity contribution is 9.10. The molecular formula is C18H13BrN2O3. The summed E-state index contributed by atoms with van der Waals surface area (Å²) in [6.45, 7) is 1.96. The summed E-state index contributed by atoms with van der Waals surface area (Å²) in [7, 11) is 0.